The molecule has 3 aromatic rings. The third kappa shape index (κ3) is 3.34. The van der Waals surface area contributed by atoms with Gasteiger partial charge in [-0.25, -0.2) is 9.97 Å². The van der Waals surface area contributed by atoms with E-state index >= 15 is 0 Å². The largest absolute Gasteiger partial charge is 0.351 e. The molecule has 3 aromatic heterocycles. The van der Waals surface area contributed by atoms with Crippen molar-refractivity contribution in [2.24, 2.45) is 0 Å². The summed E-state index contributed by atoms with van der Waals surface area (Å²) in [5.41, 5.74) is 2.69. The summed E-state index contributed by atoms with van der Waals surface area (Å²) in [4.78, 5) is 20.0. The number of nitrogens with zero attached hydrogens (tertiary/aromatic N) is 5. The maximum absolute atomic E-state index is 4.67. The molecule has 116 valence electrons. The predicted molar refractivity (Wildman–Crippen MR) is 91.1 cm³/mol. The second kappa shape index (κ2) is 6.52. The van der Waals surface area contributed by atoms with Gasteiger partial charge in [0.05, 0.1) is 11.7 Å². The van der Waals surface area contributed by atoms with Gasteiger partial charge < -0.3 is 4.90 Å². The molecule has 3 heterocycles. The van der Waals surface area contributed by atoms with Crippen LogP contribution in [-0.4, -0.2) is 27.0 Å². The Hall–Kier alpha value is -2.82. The fourth-order valence-corrected chi connectivity index (χ4v) is 2.36. The average molecular weight is 305 g/mol. The van der Waals surface area contributed by atoms with Crippen molar-refractivity contribution in [2.75, 3.05) is 11.9 Å². The van der Waals surface area contributed by atoms with Gasteiger partial charge in [-0.05, 0) is 38.1 Å². The van der Waals surface area contributed by atoms with Gasteiger partial charge in [0.25, 0.3) is 0 Å². The molecule has 0 aliphatic rings. The molecule has 0 saturated heterocycles. The molecule has 0 aliphatic heterocycles. The van der Waals surface area contributed by atoms with Crippen molar-refractivity contribution in [3.8, 4) is 11.5 Å². The van der Waals surface area contributed by atoms with Gasteiger partial charge in [0.1, 0.15) is 11.5 Å². The highest BCUT2D eigenvalue weighted by atomic mass is 15.2. The van der Waals surface area contributed by atoms with E-state index in [1.807, 2.05) is 62.6 Å². The lowest BCUT2D eigenvalue weighted by Crippen LogP contribution is -2.24. The van der Waals surface area contributed by atoms with Gasteiger partial charge in [0, 0.05) is 31.2 Å². The standard InChI is InChI=1S/C18H19N5/c1-13-12-17(22-18(21-13)16-9-5-7-11-20-16)23(3)14(2)15-8-4-6-10-19-15/h4-12,14H,1-3H3. The molecule has 5 heteroatoms. The van der Waals surface area contributed by atoms with Crippen LogP contribution in [0.25, 0.3) is 11.5 Å². The number of hydrogen-bond acceptors (Lipinski definition) is 5. The van der Waals surface area contributed by atoms with Crippen LogP contribution in [0.1, 0.15) is 24.4 Å². The SMILES string of the molecule is Cc1cc(N(C)C(C)c2ccccn2)nc(-c2ccccn2)n1. The Balaban J connectivity index is 1.95. The number of anilines is 1. The van der Waals surface area contributed by atoms with E-state index in [9.17, 15) is 0 Å². The van der Waals surface area contributed by atoms with E-state index in [1.54, 1.807) is 6.20 Å². The normalized spacial score (nSPS) is 12.0. The average Bonchev–Trinajstić information content (AvgIpc) is 2.61. The number of hydrogen-bond donors (Lipinski definition) is 0. The van der Waals surface area contributed by atoms with E-state index in [0.29, 0.717) is 5.82 Å². The molecule has 0 fully saturated rings. The molecule has 1 atom stereocenters. The molecule has 0 amide bonds. The van der Waals surface area contributed by atoms with Crippen LogP contribution in [0.2, 0.25) is 0 Å². The number of pyridine rings is 2. The molecular weight excluding hydrogens is 286 g/mol. The van der Waals surface area contributed by atoms with Crippen LogP contribution in [0.3, 0.4) is 0 Å². The Kier molecular flexibility index (Phi) is 4.28. The van der Waals surface area contributed by atoms with E-state index < -0.39 is 0 Å². The van der Waals surface area contributed by atoms with Crippen molar-refractivity contribution in [2.45, 2.75) is 19.9 Å². The van der Waals surface area contributed by atoms with Gasteiger partial charge in [-0.15, -0.1) is 0 Å². The monoisotopic (exact) mass is 305 g/mol. The second-order valence-electron chi connectivity index (χ2n) is 5.45. The minimum Gasteiger partial charge on any atom is -0.351 e. The van der Waals surface area contributed by atoms with E-state index in [0.717, 1.165) is 22.9 Å². The Morgan fingerprint density at radius 2 is 1.70 bits per heavy atom. The zero-order valence-electron chi connectivity index (χ0n) is 13.5. The fourth-order valence-electron chi connectivity index (χ4n) is 2.36. The van der Waals surface area contributed by atoms with E-state index in [1.165, 1.54) is 0 Å². The summed E-state index contributed by atoms with van der Waals surface area (Å²) in [7, 11) is 2.02. The van der Waals surface area contributed by atoms with Crippen molar-refractivity contribution in [1.29, 1.82) is 0 Å². The third-order valence-corrected chi connectivity index (χ3v) is 3.79. The highest BCUT2D eigenvalue weighted by molar-refractivity contribution is 5.53. The van der Waals surface area contributed by atoms with Crippen LogP contribution in [-0.2, 0) is 0 Å². The van der Waals surface area contributed by atoms with Gasteiger partial charge in [-0.1, -0.05) is 12.1 Å². The number of aromatic nitrogens is 4. The number of aryl methyl sites for hydroxylation is 1. The lowest BCUT2D eigenvalue weighted by atomic mass is 10.2. The first kappa shape index (κ1) is 15.1. The van der Waals surface area contributed by atoms with Gasteiger partial charge in [0.15, 0.2) is 5.82 Å². The molecule has 0 bridgehead atoms. The highest BCUT2D eigenvalue weighted by Gasteiger charge is 2.16. The molecule has 0 aromatic carbocycles. The van der Waals surface area contributed by atoms with Crippen molar-refractivity contribution in [3.63, 3.8) is 0 Å². The Morgan fingerprint density at radius 1 is 0.957 bits per heavy atom. The van der Waals surface area contributed by atoms with Crippen LogP contribution in [0, 0.1) is 6.92 Å². The van der Waals surface area contributed by atoms with Crippen molar-refractivity contribution in [1.82, 2.24) is 19.9 Å². The second-order valence-corrected chi connectivity index (χ2v) is 5.45. The Morgan fingerprint density at radius 3 is 2.35 bits per heavy atom. The maximum atomic E-state index is 4.67. The molecule has 0 spiro atoms. The van der Waals surface area contributed by atoms with Crippen LogP contribution >= 0.6 is 0 Å². The van der Waals surface area contributed by atoms with E-state index in [-0.39, 0.29) is 6.04 Å². The molecule has 1 unspecified atom stereocenters. The van der Waals surface area contributed by atoms with Crippen molar-refractivity contribution < 1.29 is 0 Å². The first-order valence-electron chi connectivity index (χ1n) is 7.56. The zero-order valence-corrected chi connectivity index (χ0v) is 13.5. The van der Waals surface area contributed by atoms with Crippen LogP contribution in [0.15, 0.2) is 54.9 Å². The first-order valence-corrected chi connectivity index (χ1v) is 7.56. The van der Waals surface area contributed by atoms with Crippen molar-refractivity contribution >= 4 is 5.82 Å². The van der Waals surface area contributed by atoms with Gasteiger partial charge in [0.2, 0.25) is 0 Å². The van der Waals surface area contributed by atoms with Crippen molar-refractivity contribution in [3.05, 3.63) is 66.2 Å². The Bertz CT molecular complexity index is 774. The molecule has 0 radical (unpaired) electrons. The minimum absolute atomic E-state index is 0.113. The molecule has 0 aliphatic carbocycles. The summed E-state index contributed by atoms with van der Waals surface area (Å²) in [6, 6.07) is 13.8. The molecular formula is C18H19N5. The molecule has 5 nitrogen and oxygen atoms in total. The highest BCUT2D eigenvalue weighted by Crippen LogP contribution is 2.24. The smallest absolute Gasteiger partial charge is 0.180 e. The first-order chi connectivity index (χ1) is 11.1. The zero-order chi connectivity index (χ0) is 16.2. The Labute approximate surface area is 136 Å². The molecule has 23 heavy (non-hydrogen) atoms. The van der Waals surface area contributed by atoms with E-state index in [2.05, 4.69) is 31.8 Å². The topological polar surface area (TPSA) is 54.8 Å². The summed E-state index contributed by atoms with van der Waals surface area (Å²) in [6.07, 6.45) is 3.56. The summed E-state index contributed by atoms with van der Waals surface area (Å²) >= 11 is 0. The van der Waals surface area contributed by atoms with E-state index in [4.69, 9.17) is 0 Å². The molecule has 3 rings (SSSR count). The maximum Gasteiger partial charge on any atom is 0.180 e. The third-order valence-electron chi connectivity index (χ3n) is 3.79. The van der Waals surface area contributed by atoms with Crippen LogP contribution in [0.4, 0.5) is 5.82 Å². The minimum atomic E-state index is 0.113. The summed E-state index contributed by atoms with van der Waals surface area (Å²) < 4.78 is 0. The van der Waals surface area contributed by atoms with Gasteiger partial charge in [-0.3, -0.25) is 9.97 Å². The summed E-state index contributed by atoms with van der Waals surface area (Å²) in [6.45, 7) is 4.08. The van der Waals surface area contributed by atoms with Crippen LogP contribution in [0.5, 0.6) is 0 Å². The molecule has 0 N–H and O–H groups in total. The van der Waals surface area contributed by atoms with Gasteiger partial charge >= 0.3 is 0 Å². The quantitative estimate of drug-likeness (QED) is 0.739. The lowest BCUT2D eigenvalue weighted by molar-refractivity contribution is 0.703. The fraction of sp³-hybridized carbons (Fsp3) is 0.222. The number of rotatable bonds is 4. The predicted octanol–water partition coefficient (Wildman–Crippen LogP) is 3.44. The molecule has 0 saturated carbocycles. The summed E-state index contributed by atoms with van der Waals surface area (Å²) in [5.74, 6) is 1.50. The summed E-state index contributed by atoms with van der Waals surface area (Å²) in [5, 5.41) is 0. The van der Waals surface area contributed by atoms with Gasteiger partial charge in [-0.2, -0.15) is 0 Å². The van der Waals surface area contributed by atoms with Crippen LogP contribution < -0.4 is 4.90 Å². The lowest BCUT2D eigenvalue weighted by Gasteiger charge is -2.26.